The summed E-state index contributed by atoms with van der Waals surface area (Å²) in [5.74, 6) is 1.69. The average Bonchev–Trinajstić information content (AvgIpc) is 2.74. The average molecular weight is 283 g/mol. The lowest BCUT2D eigenvalue weighted by atomic mass is 10.1. The Morgan fingerprint density at radius 3 is 2.60 bits per heavy atom. The largest absolute Gasteiger partial charge is 0.339 e. The Morgan fingerprint density at radius 2 is 1.80 bits per heavy atom. The molecule has 3 aromatic rings. The summed E-state index contributed by atoms with van der Waals surface area (Å²) in [6.45, 7) is 8.23. The molecule has 0 bridgehead atoms. The number of hydrogen-bond donors (Lipinski definition) is 1. The first kappa shape index (κ1) is 13.1. The molecule has 102 valence electrons. The van der Waals surface area contributed by atoms with Crippen molar-refractivity contribution in [3.05, 3.63) is 46.1 Å². The molecular formula is C16H17N3S. The Bertz CT molecular complexity index is 790. The number of anilines is 2. The topological polar surface area (TPSA) is 37.8 Å². The third-order valence-corrected chi connectivity index (χ3v) is 4.22. The van der Waals surface area contributed by atoms with Crippen LogP contribution < -0.4 is 5.32 Å². The van der Waals surface area contributed by atoms with Gasteiger partial charge < -0.3 is 5.32 Å². The molecule has 2 heterocycles. The van der Waals surface area contributed by atoms with Crippen molar-refractivity contribution < 1.29 is 0 Å². The summed E-state index contributed by atoms with van der Waals surface area (Å²) >= 11 is 1.71. The van der Waals surface area contributed by atoms with Crippen molar-refractivity contribution in [1.82, 2.24) is 9.97 Å². The number of benzene rings is 1. The molecule has 0 aliphatic rings. The van der Waals surface area contributed by atoms with Crippen LogP contribution in [-0.2, 0) is 0 Å². The molecule has 3 nitrogen and oxygen atoms in total. The van der Waals surface area contributed by atoms with E-state index < -0.39 is 0 Å². The van der Waals surface area contributed by atoms with Gasteiger partial charge in [0.25, 0.3) is 0 Å². The SMILES string of the molecule is Cc1ccc(C)c(Nc2nc(C)nc3sc(C)cc23)c1. The highest BCUT2D eigenvalue weighted by atomic mass is 32.1. The number of nitrogens with zero attached hydrogens (tertiary/aromatic N) is 2. The van der Waals surface area contributed by atoms with E-state index in [1.54, 1.807) is 11.3 Å². The van der Waals surface area contributed by atoms with Gasteiger partial charge in [0.05, 0.1) is 5.39 Å². The van der Waals surface area contributed by atoms with E-state index in [2.05, 4.69) is 60.3 Å². The highest BCUT2D eigenvalue weighted by Gasteiger charge is 2.10. The van der Waals surface area contributed by atoms with Gasteiger partial charge in [0.15, 0.2) is 0 Å². The first-order valence-electron chi connectivity index (χ1n) is 6.62. The Morgan fingerprint density at radius 1 is 1.00 bits per heavy atom. The van der Waals surface area contributed by atoms with Crippen LogP contribution in [0.15, 0.2) is 24.3 Å². The highest BCUT2D eigenvalue weighted by Crippen LogP contribution is 2.31. The maximum atomic E-state index is 4.57. The quantitative estimate of drug-likeness (QED) is 0.742. The highest BCUT2D eigenvalue weighted by molar-refractivity contribution is 7.18. The van der Waals surface area contributed by atoms with Crippen molar-refractivity contribution in [2.45, 2.75) is 27.7 Å². The molecule has 1 aromatic carbocycles. The summed E-state index contributed by atoms with van der Waals surface area (Å²) in [6, 6.07) is 8.54. The van der Waals surface area contributed by atoms with E-state index in [0.717, 1.165) is 27.5 Å². The molecule has 0 aliphatic heterocycles. The van der Waals surface area contributed by atoms with Crippen LogP contribution in [0, 0.1) is 27.7 Å². The Hall–Kier alpha value is -1.94. The second-order valence-electron chi connectivity index (χ2n) is 5.14. The lowest BCUT2D eigenvalue weighted by Crippen LogP contribution is -1.99. The van der Waals surface area contributed by atoms with Gasteiger partial charge in [-0.1, -0.05) is 12.1 Å². The smallest absolute Gasteiger partial charge is 0.142 e. The van der Waals surface area contributed by atoms with Gasteiger partial charge in [0, 0.05) is 10.6 Å². The lowest BCUT2D eigenvalue weighted by Gasteiger charge is -2.11. The number of aryl methyl sites for hydroxylation is 4. The molecule has 0 atom stereocenters. The van der Waals surface area contributed by atoms with Gasteiger partial charge in [-0.2, -0.15) is 0 Å². The summed E-state index contributed by atoms with van der Waals surface area (Å²) in [4.78, 5) is 11.4. The van der Waals surface area contributed by atoms with Crippen molar-refractivity contribution >= 4 is 33.1 Å². The van der Waals surface area contributed by atoms with Crippen LogP contribution in [0.25, 0.3) is 10.2 Å². The van der Waals surface area contributed by atoms with E-state index in [0.29, 0.717) is 0 Å². The van der Waals surface area contributed by atoms with Crippen molar-refractivity contribution in [3.63, 3.8) is 0 Å². The van der Waals surface area contributed by atoms with Crippen molar-refractivity contribution in [2.75, 3.05) is 5.32 Å². The predicted molar refractivity (Wildman–Crippen MR) is 86.1 cm³/mol. The number of rotatable bonds is 2. The summed E-state index contributed by atoms with van der Waals surface area (Å²) in [6.07, 6.45) is 0. The van der Waals surface area contributed by atoms with E-state index in [1.807, 2.05) is 6.92 Å². The van der Waals surface area contributed by atoms with E-state index >= 15 is 0 Å². The summed E-state index contributed by atoms with van der Waals surface area (Å²) in [7, 11) is 0. The minimum Gasteiger partial charge on any atom is -0.339 e. The van der Waals surface area contributed by atoms with Crippen LogP contribution in [-0.4, -0.2) is 9.97 Å². The Labute approximate surface area is 122 Å². The molecule has 0 spiro atoms. The second kappa shape index (κ2) is 4.87. The fraction of sp³-hybridized carbons (Fsp3) is 0.250. The molecule has 3 rings (SSSR count). The predicted octanol–water partition coefficient (Wildman–Crippen LogP) is 4.67. The molecule has 0 saturated heterocycles. The molecule has 20 heavy (non-hydrogen) atoms. The summed E-state index contributed by atoms with van der Waals surface area (Å²) in [5.41, 5.74) is 3.56. The van der Waals surface area contributed by atoms with Gasteiger partial charge >= 0.3 is 0 Å². The molecule has 4 heteroatoms. The molecule has 0 fully saturated rings. The maximum absolute atomic E-state index is 4.57. The number of fused-ring (bicyclic) bond motifs is 1. The fourth-order valence-electron chi connectivity index (χ4n) is 2.24. The van der Waals surface area contributed by atoms with Gasteiger partial charge in [-0.25, -0.2) is 9.97 Å². The molecule has 0 radical (unpaired) electrons. The minimum atomic E-state index is 0.798. The number of aromatic nitrogens is 2. The van der Waals surface area contributed by atoms with Crippen LogP contribution in [0.4, 0.5) is 11.5 Å². The lowest BCUT2D eigenvalue weighted by molar-refractivity contribution is 1.10. The third-order valence-electron chi connectivity index (χ3n) is 3.27. The van der Waals surface area contributed by atoms with Crippen LogP contribution in [0.1, 0.15) is 21.8 Å². The van der Waals surface area contributed by atoms with Gasteiger partial charge in [0.2, 0.25) is 0 Å². The summed E-state index contributed by atoms with van der Waals surface area (Å²) in [5, 5.41) is 4.56. The Kier molecular flexibility index (Phi) is 3.18. The van der Waals surface area contributed by atoms with Crippen molar-refractivity contribution in [2.24, 2.45) is 0 Å². The number of thiophene rings is 1. The van der Waals surface area contributed by atoms with E-state index in [9.17, 15) is 0 Å². The van der Waals surface area contributed by atoms with E-state index in [1.165, 1.54) is 16.0 Å². The van der Waals surface area contributed by atoms with Gasteiger partial charge in [-0.3, -0.25) is 0 Å². The minimum absolute atomic E-state index is 0.798. The van der Waals surface area contributed by atoms with Gasteiger partial charge in [0.1, 0.15) is 16.5 Å². The fourth-order valence-corrected chi connectivity index (χ4v) is 3.17. The molecule has 0 unspecified atom stereocenters. The van der Waals surface area contributed by atoms with E-state index in [-0.39, 0.29) is 0 Å². The first-order valence-corrected chi connectivity index (χ1v) is 7.43. The summed E-state index contributed by atoms with van der Waals surface area (Å²) < 4.78 is 0. The van der Waals surface area contributed by atoms with Gasteiger partial charge in [-0.15, -0.1) is 11.3 Å². The third kappa shape index (κ3) is 2.39. The van der Waals surface area contributed by atoms with Crippen molar-refractivity contribution in [3.8, 4) is 0 Å². The van der Waals surface area contributed by atoms with Crippen LogP contribution in [0.5, 0.6) is 0 Å². The van der Waals surface area contributed by atoms with Crippen LogP contribution in [0.3, 0.4) is 0 Å². The first-order chi connectivity index (χ1) is 9.52. The molecule has 0 amide bonds. The zero-order valence-corrected chi connectivity index (χ0v) is 12.9. The second-order valence-corrected chi connectivity index (χ2v) is 6.37. The normalized spacial score (nSPS) is 11.0. The zero-order chi connectivity index (χ0) is 14.3. The van der Waals surface area contributed by atoms with E-state index in [4.69, 9.17) is 0 Å². The molecule has 0 aliphatic carbocycles. The molecule has 0 saturated carbocycles. The van der Waals surface area contributed by atoms with Crippen molar-refractivity contribution in [1.29, 1.82) is 0 Å². The monoisotopic (exact) mass is 283 g/mol. The maximum Gasteiger partial charge on any atom is 0.142 e. The molecule has 1 N–H and O–H groups in total. The Balaban J connectivity index is 2.12. The molecular weight excluding hydrogens is 266 g/mol. The zero-order valence-electron chi connectivity index (χ0n) is 12.1. The molecule has 2 aromatic heterocycles. The van der Waals surface area contributed by atoms with Gasteiger partial charge in [-0.05, 0) is 51.0 Å². The number of nitrogens with one attached hydrogen (secondary N) is 1. The standard InChI is InChI=1S/C16H17N3S/c1-9-5-6-10(2)14(7-9)19-15-13-8-11(3)20-16(13)18-12(4)17-15/h5-8H,1-4H3,(H,17,18,19). The van der Waals surface area contributed by atoms with Crippen LogP contribution >= 0.6 is 11.3 Å². The number of hydrogen-bond acceptors (Lipinski definition) is 4. The van der Waals surface area contributed by atoms with Crippen LogP contribution in [0.2, 0.25) is 0 Å².